The fourth-order valence-corrected chi connectivity index (χ4v) is 17.9. The summed E-state index contributed by atoms with van der Waals surface area (Å²) in [5.74, 6) is -1.39. The summed E-state index contributed by atoms with van der Waals surface area (Å²) in [6.45, 7) is 37.1. The molecule has 4 aromatic heterocycles. The molecule has 10 atom stereocenters. The number of thiazole rings is 2. The Labute approximate surface area is 646 Å². The molecular formula is C77H102ClN9O17S4. The van der Waals surface area contributed by atoms with Gasteiger partial charge in [-0.1, -0.05) is 53.7 Å². The van der Waals surface area contributed by atoms with E-state index in [1.807, 2.05) is 67.9 Å². The Hall–Kier alpha value is -8.03. The molecular weight excluding hydrogens is 1490 g/mol. The number of rotatable bonds is 22. The number of hydrogen-bond donors (Lipinski definition) is 4. The number of allylic oxidation sites excluding steroid dienone is 1. The first-order chi connectivity index (χ1) is 49.8. The van der Waals surface area contributed by atoms with Gasteiger partial charge in [0.2, 0.25) is 26.0 Å². The lowest BCUT2D eigenvalue weighted by atomic mass is 9.88. The van der Waals surface area contributed by atoms with E-state index in [-0.39, 0.29) is 61.9 Å². The second kappa shape index (κ2) is 31.0. The number of halogens is 1. The predicted molar refractivity (Wildman–Crippen MR) is 417 cm³/mol. The smallest absolute Gasteiger partial charge is 0.411 e. The van der Waals surface area contributed by atoms with Crippen LogP contribution in [-0.2, 0) is 48.7 Å². The minimum absolute atomic E-state index is 0. The van der Waals surface area contributed by atoms with Gasteiger partial charge in [0.1, 0.15) is 85.4 Å². The first-order valence-electron chi connectivity index (χ1n) is 35.9. The van der Waals surface area contributed by atoms with Crippen molar-refractivity contribution in [3.05, 3.63) is 95.0 Å². The fraction of sp³-hybridized carbons (Fsp3) is 0.558. The maximum absolute atomic E-state index is 14.5. The number of carbonyl (C=O) groups is 6. The molecule has 5 N–H and O–H groups in total. The number of fused-ring (bicyclic) bond motifs is 2. The maximum Gasteiger partial charge on any atom is 0.411 e. The van der Waals surface area contributed by atoms with Crippen molar-refractivity contribution in [1.29, 1.82) is 0 Å². The van der Waals surface area contributed by atoms with E-state index in [0.717, 1.165) is 43.3 Å². The van der Waals surface area contributed by atoms with Crippen molar-refractivity contribution in [2.45, 2.75) is 218 Å². The quantitative estimate of drug-likeness (QED) is 0.0459. The number of hydrogen-bond acceptors (Lipinski definition) is 23. The first kappa shape index (κ1) is 84.0. The van der Waals surface area contributed by atoms with Gasteiger partial charge >= 0.3 is 18.2 Å². The highest BCUT2D eigenvalue weighted by atomic mass is 35.5. The molecule has 4 amide bonds. The summed E-state index contributed by atoms with van der Waals surface area (Å²) < 4.78 is 87.9. The Kier molecular flexibility index (Phi) is 24.1. The minimum Gasteiger partial charge on any atom is -0.496 e. The van der Waals surface area contributed by atoms with Crippen LogP contribution in [0.3, 0.4) is 0 Å². The third kappa shape index (κ3) is 17.3. The van der Waals surface area contributed by atoms with Crippen LogP contribution in [0.4, 0.5) is 9.59 Å². The molecule has 2 aliphatic heterocycles. The fourth-order valence-electron chi connectivity index (χ4n) is 13.4. The summed E-state index contributed by atoms with van der Waals surface area (Å²) in [7, 11) is -4.29. The van der Waals surface area contributed by atoms with Crippen LogP contribution in [0, 0.1) is 42.9 Å². The lowest BCUT2D eigenvalue weighted by Crippen LogP contribution is -2.49. The lowest BCUT2D eigenvalue weighted by molar-refractivity contribution is -0.143. The van der Waals surface area contributed by atoms with Gasteiger partial charge in [0.25, 0.3) is 5.91 Å². The van der Waals surface area contributed by atoms with Gasteiger partial charge in [-0.3, -0.25) is 33.6 Å². The van der Waals surface area contributed by atoms with Crippen molar-refractivity contribution in [1.82, 2.24) is 39.2 Å². The number of sulfonamides is 2. The van der Waals surface area contributed by atoms with Crippen LogP contribution in [0.25, 0.3) is 43.2 Å². The Morgan fingerprint density at radius 3 is 1.38 bits per heavy atom. The van der Waals surface area contributed by atoms with Crippen LogP contribution in [-0.4, -0.2) is 165 Å². The molecule has 2 saturated heterocycles. The number of likely N-dealkylation sites (tertiary alicyclic amines) is 2. The SMILES string of the molecule is C=C[C@@H]1C[C@]1(CC(=O)[C@@H]1[C@@H](C)[C@@H](Oc2cc(-c3nc(C(C)C)cs3)nc3c(C)c(OC)ccc23)CN1C(=O)OC(C)(C)C)C(=O)NS(=O)(=O)C1(C)CC1.C=C[C@@H]1C[C@]1(N)C(=O)NS(=O)(=O)C1(C)CC1.COc1ccc2c(O[C@H]3CN(C(=O)OC(C)(C)C)[C@H](C(=O)O)[C@H]3C)cc(-c3nc(C(C)C)cs3)nc2c1C.Cl. The molecule has 4 aliphatic carbocycles. The number of amides is 4. The molecule has 0 unspecified atom stereocenters. The molecule has 0 bridgehead atoms. The van der Waals surface area contributed by atoms with Gasteiger partial charge in [-0.25, -0.2) is 51.2 Å². The number of carbonyl (C=O) groups excluding carboxylic acids is 5. The van der Waals surface area contributed by atoms with Crippen molar-refractivity contribution in [3.63, 3.8) is 0 Å². The summed E-state index contributed by atoms with van der Waals surface area (Å²) in [4.78, 5) is 101. The largest absolute Gasteiger partial charge is 0.496 e. The number of nitrogens with zero attached hydrogens (tertiary/aromatic N) is 6. The number of nitrogens with two attached hydrogens (primary N) is 1. The second-order valence-corrected chi connectivity index (χ2v) is 38.4. The molecule has 4 saturated carbocycles. The average molecular weight is 1590 g/mol. The monoisotopic (exact) mass is 1590 g/mol. The normalized spacial score (nSPS) is 24.4. The molecule has 0 spiro atoms. The number of methoxy groups -OCH3 is 2. The molecule has 6 aliphatic rings. The van der Waals surface area contributed by atoms with Gasteiger partial charge in [0.15, 0.2) is 5.78 Å². The molecule has 12 rings (SSSR count). The Balaban J connectivity index is 0.000000212. The highest BCUT2D eigenvalue weighted by molar-refractivity contribution is 7.92. The van der Waals surface area contributed by atoms with Crippen LogP contribution in [0.15, 0.2) is 72.5 Å². The van der Waals surface area contributed by atoms with E-state index in [2.05, 4.69) is 50.3 Å². The molecule has 0 radical (unpaired) electrons. The third-order valence-electron chi connectivity index (χ3n) is 21.2. The standard InChI is InChI=1S/C39H50N4O8S2.C28H35N3O6S.C10H16N2O3S.ClH/c1-11-24-17-39(24,35(45)42-53(47,48)38(9)14-15-38)18-28(44)33-23(5)31(19-43(33)36(46)51-37(6,7)8)50-30-16-26(34-41-27(20-52-34)21(2)3)40-32-22(4)29(49-10)13-12-25(30)32;1-14(2)19-13-38-25(30-19)18-11-21(17-9-10-20(35-8)15(3)23(17)29-18)36-22-12-31(24(16(22)4)26(32)33)27(34)37-28(5,6)7;1-3-7-6-10(7,11)8(13)12-16(14,15)9(2)4-5-9;/h11-13,16,20-21,23-24,31,33H,1,14-15,17-19H2,2-10H3,(H,42,45);9-11,13-14,16,22,24H,12H2,1-8H3,(H,32,33);3,7H,1,4-6,11H2,2H3,(H,12,13);1H/t23-,24+,31-,33-,39+;16-,22-,24-;7-,10-;/m001./s1. The van der Waals surface area contributed by atoms with E-state index in [1.165, 1.54) is 32.5 Å². The van der Waals surface area contributed by atoms with E-state index in [1.54, 1.807) is 88.7 Å². The van der Waals surface area contributed by atoms with Gasteiger partial charge in [-0.15, -0.1) is 48.2 Å². The van der Waals surface area contributed by atoms with E-state index in [4.69, 9.17) is 54.1 Å². The van der Waals surface area contributed by atoms with Gasteiger partial charge in [0, 0.05) is 69.0 Å². The summed E-state index contributed by atoms with van der Waals surface area (Å²) in [6, 6.07) is 9.08. The predicted octanol–water partition coefficient (Wildman–Crippen LogP) is 13.1. The third-order valence-corrected chi connectivity index (χ3v) is 27.3. The zero-order valence-electron chi connectivity index (χ0n) is 64.6. The average Bonchev–Trinajstić information content (AvgIpc) is 1.57. The second-order valence-electron chi connectivity index (χ2n) is 32.3. The Morgan fingerprint density at radius 2 is 1.04 bits per heavy atom. The molecule has 6 heterocycles. The van der Waals surface area contributed by atoms with Crippen LogP contribution in [0.5, 0.6) is 23.0 Å². The van der Waals surface area contributed by atoms with E-state index in [0.29, 0.717) is 77.5 Å². The summed E-state index contributed by atoms with van der Waals surface area (Å²) in [5.41, 5.74) is 8.09. The maximum atomic E-state index is 14.5. The molecule has 588 valence electrons. The summed E-state index contributed by atoms with van der Waals surface area (Å²) in [6.07, 6.45) is 3.17. The van der Waals surface area contributed by atoms with E-state index < -0.39 is 124 Å². The molecule has 31 heteroatoms. The molecule has 6 fully saturated rings. The highest BCUT2D eigenvalue weighted by Crippen LogP contribution is 2.58. The van der Waals surface area contributed by atoms with Crippen molar-refractivity contribution in [3.8, 4) is 44.4 Å². The number of benzene rings is 2. The topological polar surface area (TPSA) is 354 Å². The van der Waals surface area contributed by atoms with E-state index in [9.17, 15) is 50.7 Å². The van der Waals surface area contributed by atoms with Gasteiger partial charge in [-0.05, 0) is 150 Å². The summed E-state index contributed by atoms with van der Waals surface area (Å²) in [5, 5.41) is 17.0. The van der Waals surface area contributed by atoms with Gasteiger partial charge in [0.05, 0.1) is 64.6 Å². The number of aliphatic carboxylic acids is 1. The first-order valence-corrected chi connectivity index (χ1v) is 40.7. The van der Waals surface area contributed by atoms with Gasteiger partial charge in [-0.2, -0.15) is 0 Å². The number of ether oxygens (including phenoxy) is 6. The van der Waals surface area contributed by atoms with Crippen LogP contribution >= 0.6 is 35.1 Å². The van der Waals surface area contributed by atoms with Crippen molar-refractivity contribution in [2.24, 2.45) is 34.8 Å². The Bertz CT molecular complexity index is 4750. The lowest BCUT2D eigenvalue weighted by Gasteiger charge is -2.29. The van der Waals surface area contributed by atoms with Crippen LogP contribution < -0.4 is 34.1 Å². The summed E-state index contributed by atoms with van der Waals surface area (Å²) >= 11 is 3.01. The number of nitrogens with one attached hydrogen (secondary N) is 2. The number of ketones is 1. The molecule has 26 nitrogen and oxygen atoms in total. The number of carboxylic acids is 1. The zero-order chi connectivity index (χ0) is 79.0. The highest BCUT2D eigenvalue weighted by Gasteiger charge is 2.64. The number of aromatic nitrogens is 4. The number of carboxylic acid groups (broad SMARTS) is 1. The molecule has 108 heavy (non-hydrogen) atoms. The number of Topliss-reactive ketones (excluding diaryl/α,β-unsaturated/α-hetero) is 1. The van der Waals surface area contributed by atoms with Crippen molar-refractivity contribution in [2.75, 3.05) is 27.3 Å². The zero-order valence-corrected chi connectivity index (χ0v) is 68.7. The van der Waals surface area contributed by atoms with Crippen molar-refractivity contribution < 1.29 is 79.1 Å². The number of aryl methyl sites for hydroxylation is 2. The minimum atomic E-state index is -3.93. The van der Waals surface area contributed by atoms with Gasteiger partial charge < -0.3 is 39.3 Å². The van der Waals surface area contributed by atoms with Crippen LogP contribution in [0.2, 0.25) is 0 Å². The van der Waals surface area contributed by atoms with E-state index >= 15 is 0 Å². The Morgan fingerprint density at radius 1 is 0.639 bits per heavy atom. The molecule has 2 aromatic carbocycles. The molecule has 6 aromatic rings. The van der Waals surface area contributed by atoms with Crippen LogP contribution in [0.1, 0.15) is 176 Å². The van der Waals surface area contributed by atoms with Crippen molar-refractivity contribution >= 4 is 113 Å². The number of pyridine rings is 2.